The van der Waals surface area contributed by atoms with Crippen LogP contribution >= 0.6 is 15.9 Å². The minimum absolute atomic E-state index is 0.161. The minimum Gasteiger partial charge on any atom is -0.507 e. The first-order valence-corrected chi connectivity index (χ1v) is 4.10. The van der Waals surface area contributed by atoms with Crippen molar-refractivity contribution in [1.82, 2.24) is 9.97 Å². The van der Waals surface area contributed by atoms with E-state index < -0.39 is 0 Å². The van der Waals surface area contributed by atoms with E-state index in [0.717, 1.165) is 5.52 Å². The lowest BCUT2D eigenvalue weighted by molar-refractivity contribution is 0.473. The number of H-pyrrole nitrogens is 1. The first-order chi connectivity index (χ1) is 5.68. The molecule has 1 aromatic heterocycles. The fourth-order valence-corrected chi connectivity index (χ4v) is 1.48. The van der Waals surface area contributed by atoms with Crippen LogP contribution in [0.15, 0.2) is 16.6 Å². The topological polar surface area (TPSA) is 74.9 Å². The lowest BCUT2D eigenvalue weighted by Gasteiger charge is -1.94. The molecule has 0 saturated carbocycles. The van der Waals surface area contributed by atoms with Crippen LogP contribution < -0.4 is 5.73 Å². The number of rotatable bonds is 0. The van der Waals surface area contributed by atoms with Gasteiger partial charge in [0.25, 0.3) is 0 Å². The van der Waals surface area contributed by atoms with Crippen molar-refractivity contribution in [1.29, 1.82) is 0 Å². The van der Waals surface area contributed by atoms with E-state index in [1.165, 1.54) is 0 Å². The number of phenolic OH excluding ortho intramolecular Hbond substituents is 1. The van der Waals surface area contributed by atoms with Crippen LogP contribution in [-0.4, -0.2) is 15.1 Å². The highest BCUT2D eigenvalue weighted by atomic mass is 79.9. The van der Waals surface area contributed by atoms with Gasteiger partial charge >= 0.3 is 0 Å². The highest BCUT2D eigenvalue weighted by Gasteiger charge is 2.06. The third kappa shape index (κ3) is 0.937. The lowest BCUT2D eigenvalue weighted by atomic mass is 10.3. The maximum absolute atomic E-state index is 9.28. The lowest BCUT2D eigenvalue weighted by Crippen LogP contribution is -1.84. The smallest absolute Gasteiger partial charge is 0.198 e. The van der Waals surface area contributed by atoms with Gasteiger partial charge in [-0.15, -0.1) is 0 Å². The summed E-state index contributed by atoms with van der Waals surface area (Å²) in [7, 11) is 0. The summed E-state index contributed by atoms with van der Waals surface area (Å²) in [5, 5.41) is 9.28. The van der Waals surface area contributed by atoms with Gasteiger partial charge in [-0.2, -0.15) is 0 Å². The first-order valence-electron chi connectivity index (χ1n) is 3.31. The zero-order valence-corrected chi connectivity index (χ0v) is 7.59. The molecule has 2 aromatic rings. The molecule has 0 aliphatic rings. The van der Waals surface area contributed by atoms with Crippen molar-refractivity contribution in [2.45, 2.75) is 0 Å². The van der Waals surface area contributed by atoms with Gasteiger partial charge in [0.1, 0.15) is 11.3 Å². The molecule has 0 spiro atoms. The number of aromatic nitrogens is 2. The van der Waals surface area contributed by atoms with Crippen LogP contribution in [0.25, 0.3) is 11.0 Å². The molecule has 0 atom stereocenters. The van der Waals surface area contributed by atoms with Gasteiger partial charge in [-0.3, -0.25) is 0 Å². The standard InChI is InChI=1S/C7H6BrN3O/c8-5-4(12)2-1-3-6(5)11-7(9)10-3/h1-2,12H,(H3,9,10,11). The Hall–Kier alpha value is -1.23. The van der Waals surface area contributed by atoms with Crippen molar-refractivity contribution in [2.24, 2.45) is 0 Å². The highest BCUT2D eigenvalue weighted by molar-refractivity contribution is 9.10. The van der Waals surface area contributed by atoms with Gasteiger partial charge in [-0.25, -0.2) is 4.98 Å². The molecule has 1 heterocycles. The summed E-state index contributed by atoms with van der Waals surface area (Å²) in [6.07, 6.45) is 0. The number of anilines is 1. The van der Waals surface area contributed by atoms with Crippen molar-refractivity contribution in [2.75, 3.05) is 5.73 Å². The van der Waals surface area contributed by atoms with Crippen molar-refractivity contribution in [3.05, 3.63) is 16.6 Å². The predicted octanol–water partition coefficient (Wildman–Crippen LogP) is 1.61. The number of aromatic hydroxyl groups is 1. The van der Waals surface area contributed by atoms with Crippen molar-refractivity contribution < 1.29 is 5.11 Å². The van der Waals surface area contributed by atoms with E-state index in [0.29, 0.717) is 15.9 Å². The molecule has 62 valence electrons. The second kappa shape index (κ2) is 2.38. The molecule has 4 nitrogen and oxygen atoms in total. The van der Waals surface area contributed by atoms with Crippen molar-refractivity contribution in [3.63, 3.8) is 0 Å². The van der Waals surface area contributed by atoms with E-state index in [1.54, 1.807) is 12.1 Å². The normalized spacial score (nSPS) is 10.8. The molecule has 4 N–H and O–H groups in total. The first kappa shape index (κ1) is 7.42. The number of nitrogens with two attached hydrogens (primary N) is 1. The van der Waals surface area contributed by atoms with Gasteiger partial charge in [0.15, 0.2) is 5.95 Å². The Labute approximate surface area is 76.5 Å². The Morgan fingerprint density at radius 3 is 3.00 bits per heavy atom. The molecule has 5 heteroatoms. The molecule has 0 bridgehead atoms. The van der Waals surface area contributed by atoms with Gasteiger partial charge in [0.2, 0.25) is 0 Å². The van der Waals surface area contributed by atoms with Crippen LogP contribution in [0, 0.1) is 0 Å². The second-order valence-corrected chi connectivity index (χ2v) is 3.21. The molecule has 2 rings (SSSR count). The fraction of sp³-hybridized carbons (Fsp3) is 0. The van der Waals surface area contributed by atoms with Crippen molar-refractivity contribution in [3.8, 4) is 5.75 Å². The average molecular weight is 228 g/mol. The minimum atomic E-state index is 0.161. The quantitative estimate of drug-likeness (QED) is 0.641. The number of nitrogens with one attached hydrogen (secondary N) is 1. The number of imidazole rings is 1. The molecular formula is C7H6BrN3O. The molecular weight excluding hydrogens is 222 g/mol. The van der Waals surface area contributed by atoms with Gasteiger partial charge in [-0.05, 0) is 28.1 Å². The summed E-state index contributed by atoms with van der Waals surface area (Å²) in [6.45, 7) is 0. The molecule has 0 aliphatic carbocycles. The summed E-state index contributed by atoms with van der Waals surface area (Å²) in [6, 6.07) is 3.29. The Bertz CT molecular complexity index is 437. The van der Waals surface area contributed by atoms with Gasteiger partial charge in [-0.1, -0.05) is 0 Å². The van der Waals surface area contributed by atoms with E-state index in [4.69, 9.17) is 5.73 Å². The highest BCUT2D eigenvalue weighted by Crippen LogP contribution is 2.30. The Balaban J connectivity index is 2.89. The summed E-state index contributed by atoms with van der Waals surface area (Å²) in [5.41, 5.74) is 6.89. The molecule has 0 unspecified atom stereocenters. The third-order valence-corrected chi connectivity index (χ3v) is 2.37. The van der Waals surface area contributed by atoms with E-state index in [1.807, 2.05) is 0 Å². The zero-order chi connectivity index (χ0) is 8.72. The molecule has 0 fully saturated rings. The number of aromatic amines is 1. The summed E-state index contributed by atoms with van der Waals surface area (Å²) < 4.78 is 0.563. The van der Waals surface area contributed by atoms with Gasteiger partial charge < -0.3 is 15.8 Å². The molecule has 12 heavy (non-hydrogen) atoms. The average Bonchev–Trinajstić information content (AvgIpc) is 2.39. The van der Waals surface area contributed by atoms with E-state index in [2.05, 4.69) is 25.9 Å². The number of halogens is 1. The van der Waals surface area contributed by atoms with Crippen LogP contribution in [0.3, 0.4) is 0 Å². The van der Waals surface area contributed by atoms with Crippen LogP contribution in [0.1, 0.15) is 0 Å². The molecule has 0 radical (unpaired) electrons. The maximum Gasteiger partial charge on any atom is 0.198 e. The Morgan fingerprint density at radius 2 is 2.25 bits per heavy atom. The SMILES string of the molecule is Nc1nc2c(Br)c(O)ccc2[nH]1. The summed E-state index contributed by atoms with van der Waals surface area (Å²) >= 11 is 3.21. The predicted molar refractivity (Wildman–Crippen MR) is 49.9 cm³/mol. The van der Waals surface area contributed by atoms with Crippen LogP contribution in [0.5, 0.6) is 5.75 Å². The molecule has 0 saturated heterocycles. The van der Waals surface area contributed by atoms with Crippen LogP contribution in [0.4, 0.5) is 5.95 Å². The van der Waals surface area contributed by atoms with Gasteiger partial charge in [0, 0.05) is 0 Å². The number of benzene rings is 1. The number of phenols is 1. The molecule has 0 amide bonds. The largest absolute Gasteiger partial charge is 0.507 e. The van der Waals surface area contributed by atoms with E-state index in [9.17, 15) is 5.11 Å². The van der Waals surface area contributed by atoms with Crippen LogP contribution in [0.2, 0.25) is 0 Å². The maximum atomic E-state index is 9.28. The third-order valence-electron chi connectivity index (χ3n) is 1.59. The monoisotopic (exact) mass is 227 g/mol. The summed E-state index contributed by atoms with van der Waals surface area (Å²) in [4.78, 5) is 6.84. The number of hydrogen-bond donors (Lipinski definition) is 3. The van der Waals surface area contributed by atoms with E-state index in [-0.39, 0.29) is 5.75 Å². The van der Waals surface area contributed by atoms with Gasteiger partial charge in [0.05, 0.1) is 9.99 Å². The summed E-state index contributed by atoms with van der Waals surface area (Å²) in [5.74, 6) is 0.505. The number of nitrogens with zero attached hydrogens (tertiary/aromatic N) is 1. The molecule has 1 aromatic carbocycles. The number of nitrogen functional groups attached to an aromatic ring is 1. The zero-order valence-electron chi connectivity index (χ0n) is 6.00. The Morgan fingerprint density at radius 1 is 1.50 bits per heavy atom. The Kier molecular flexibility index (Phi) is 1.47. The second-order valence-electron chi connectivity index (χ2n) is 2.42. The number of hydrogen-bond acceptors (Lipinski definition) is 3. The van der Waals surface area contributed by atoms with E-state index >= 15 is 0 Å². The van der Waals surface area contributed by atoms with Crippen molar-refractivity contribution >= 4 is 32.9 Å². The fourth-order valence-electron chi connectivity index (χ4n) is 1.05. The van der Waals surface area contributed by atoms with Crippen LogP contribution in [-0.2, 0) is 0 Å². The number of fused-ring (bicyclic) bond motifs is 1. The molecule has 0 aliphatic heterocycles.